The molecular weight excluding hydrogens is 480 g/mol. The van der Waals surface area contributed by atoms with E-state index in [0.29, 0.717) is 23.5 Å². The quantitative estimate of drug-likeness (QED) is 0.349. The molecule has 4 rings (SSSR count). The van der Waals surface area contributed by atoms with Gasteiger partial charge in [-0.3, -0.25) is 0 Å². The molecule has 196 valence electrons. The van der Waals surface area contributed by atoms with E-state index in [1.54, 1.807) is 24.3 Å². The molecule has 0 radical (unpaired) electrons. The number of aliphatic hydroxyl groups is 3. The van der Waals surface area contributed by atoms with Crippen molar-refractivity contribution in [2.24, 2.45) is 0 Å². The number of ether oxygens (including phenoxy) is 6. The van der Waals surface area contributed by atoms with Gasteiger partial charge < -0.3 is 54.0 Å². The monoisotopic (exact) mass is 508 g/mol. The van der Waals surface area contributed by atoms with E-state index in [-0.39, 0.29) is 35.5 Å². The van der Waals surface area contributed by atoms with Gasteiger partial charge in [0.25, 0.3) is 0 Å². The lowest BCUT2D eigenvalue weighted by atomic mass is 9.89. The van der Waals surface area contributed by atoms with Crippen molar-refractivity contribution in [3.05, 3.63) is 35.4 Å². The Morgan fingerprint density at radius 1 is 0.972 bits per heavy atom. The third-order valence-electron chi connectivity index (χ3n) is 6.28. The maximum Gasteiger partial charge on any atom is 0.335 e. The molecule has 5 N–H and O–H groups in total. The molecule has 1 saturated heterocycles. The van der Waals surface area contributed by atoms with E-state index < -0.39 is 36.7 Å². The van der Waals surface area contributed by atoms with E-state index in [0.717, 1.165) is 5.56 Å². The van der Waals surface area contributed by atoms with Crippen molar-refractivity contribution in [1.29, 1.82) is 0 Å². The zero-order chi connectivity index (χ0) is 26.1. The van der Waals surface area contributed by atoms with Crippen LogP contribution in [0.4, 0.5) is 0 Å². The number of aromatic hydroxyl groups is 1. The largest absolute Gasteiger partial charge is 0.504 e. The molecule has 2 aromatic carbocycles. The second-order valence-electron chi connectivity index (χ2n) is 8.42. The van der Waals surface area contributed by atoms with Gasteiger partial charge in [0.15, 0.2) is 17.6 Å². The zero-order valence-electron chi connectivity index (χ0n) is 19.8. The van der Waals surface area contributed by atoms with E-state index in [1.165, 1.54) is 21.3 Å². The third-order valence-corrected chi connectivity index (χ3v) is 6.28. The van der Waals surface area contributed by atoms with Crippen LogP contribution in [0.2, 0.25) is 0 Å². The van der Waals surface area contributed by atoms with Crippen molar-refractivity contribution in [2.45, 2.75) is 43.0 Å². The topological polar surface area (TPSA) is 174 Å². The van der Waals surface area contributed by atoms with Gasteiger partial charge in [0.05, 0.1) is 27.9 Å². The highest BCUT2D eigenvalue weighted by molar-refractivity contribution is 5.73. The first-order valence-electron chi connectivity index (χ1n) is 11.1. The molecule has 2 aliphatic rings. The van der Waals surface area contributed by atoms with Crippen molar-refractivity contribution >= 4 is 5.97 Å². The van der Waals surface area contributed by atoms with E-state index >= 15 is 0 Å². The molecule has 0 unspecified atom stereocenters. The van der Waals surface area contributed by atoms with Crippen LogP contribution < -0.4 is 23.7 Å². The maximum atomic E-state index is 11.3. The van der Waals surface area contributed by atoms with Gasteiger partial charge in [-0.1, -0.05) is 6.07 Å². The van der Waals surface area contributed by atoms with Gasteiger partial charge in [0, 0.05) is 17.5 Å². The number of hydrogen-bond acceptors (Lipinski definition) is 11. The van der Waals surface area contributed by atoms with Gasteiger partial charge in [-0.15, -0.1) is 0 Å². The predicted molar refractivity (Wildman–Crippen MR) is 121 cm³/mol. The van der Waals surface area contributed by atoms with Crippen LogP contribution in [0.1, 0.15) is 17.0 Å². The number of phenols is 1. The molecule has 0 amide bonds. The van der Waals surface area contributed by atoms with Crippen molar-refractivity contribution in [3.8, 4) is 34.5 Å². The number of methoxy groups -OCH3 is 3. The maximum absolute atomic E-state index is 11.3. The molecule has 2 aromatic rings. The lowest BCUT2D eigenvalue weighted by Crippen LogP contribution is -2.61. The van der Waals surface area contributed by atoms with Crippen LogP contribution in [0.5, 0.6) is 34.5 Å². The second kappa shape index (κ2) is 10.3. The number of rotatable bonds is 7. The highest BCUT2D eigenvalue weighted by Crippen LogP contribution is 2.49. The number of carbonyl (C=O) groups is 1. The minimum atomic E-state index is -1.81. The van der Waals surface area contributed by atoms with Gasteiger partial charge in [0.1, 0.15) is 29.8 Å². The Hall–Kier alpha value is -3.45. The summed E-state index contributed by atoms with van der Waals surface area (Å²) in [4.78, 5) is 11.3. The summed E-state index contributed by atoms with van der Waals surface area (Å²) in [6.45, 7) is 0.206. The molecule has 36 heavy (non-hydrogen) atoms. The number of carboxylic acid groups (broad SMARTS) is 1. The Morgan fingerprint density at radius 3 is 2.33 bits per heavy atom. The third kappa shape index (κ3) is 4.55. The summed E-state index contributed by atoms with van der Waals surface area (Å²) in [7, 11) is 4.35. The number of fused-ring (bicyclic) bond motifs is 1. The Bertz CT molecular complexity index is 1120. The zero-order valence-corrected chi connectivity index (χ0v) is 19.8. The Morgan fingerprint density at radius 2 is 1.69 bits per heavy atom. The SMILES string of the molecule is COc1cc([C@@H]2COc3cc(O[C@H]4O[C@H](C(=O)O)[C@@H](O)[C@H](O)[C@H]4O)ccc3C2)c(O)c(OC)c1OC. The van der Waals surface area contributed by atoms with Gasteiger partial charge in [0.2, 0.25) is 17.8 Å². The predicted octanol–water partition coefficient (Wildman–Crippen LogP) is 0.408. The Labute approximate surface area is 206 Å². The van der Waals surface area contributed by atoms with E-state index in [9.17, 15) is 30.3 Å². The standard InChI is InChI=1S/C24H28O12/c1-31-15-8-13(16(25)21(33-3)20(15)32-2)11-6-10-4-5-12(7-14(10)34-9-11)35-24-19(28)17(26)18(27)22(36-24)23(29)30/h4-5,7-8,11,17-19,22,24-28H,6,9H2,1-3H3,(H,29,30)/t11-,17-,18-,19+,22-,24-/m0/s1. The second-order valence-corrected chi connectivity index (χ2v) is 8.42. The first-order chi connectivity index (χ1) is 17.2. The van der Waals surface area contributed by atoms with Gasteiger partial charge in [-0.05, 0) is 24.1 Å². The molecule has 12 heteroatoms. The highest BCUT2D eigenvalue weighted by Gasteiger charge is 2.48. The summed E-state index contributed by atoms with van der Waals surface area (Å²) in [5.74, 6) is -0.323. The number of aliphatic carboxylic acids is 1. The minimum Gasteiger partial charge on any atom is -0.504 e. The smallest absolute Gasteiger partial charge is 0.335 e. The van der Waals surface area contributed by atoms with Crippen LogP contribution in [-0.4, -0.2) is 90.1 Å². The molecule has 0 spiro atoms. The van der Waals surface area contributed by atoms with Crippen LogP contribution in [0.3, 0.4) is 0 Å². The first kappa shape index (κ1) is 25.6. The summed E-state index contributed by atoms with van der Waals surface area (Å²) in [6, 6.07) is 6.52. The van der Waals surface area contributed by atoms with Gasteiger partial charge in [-0.2, -0.15) is 0 Å². The summed E-state index contributed by atoms with van der Waals surface area (Å²) in [6.07, 6.45) is -8.07. The fourth-order valence-electron chi connectivity index (χ4n) is 4.38. The Balaban J connectivity index is 1.54. The molecule has 0 aliphatic carbocycles. The number of benzene rings is 2. The Kier molecular flexibility index (Phi) is 7.31. The van der Waals surface area contributed by atoms with Crippen LogP contribution in [-0.2, 0) is 16.0 Å². The molecule has 12 nitrogen and oxygen atoms in total. The van der Waals surface area contributed by atoms with Crippen LogP contribution in [0.15, 0.2) is 24.3 Å². The molecule has 2 heterocycles. The summed E-state index contributed by atoms with van der Waals surface area (Å²) < 4.78 is 32.7. The molecule has 0 saturated carbocycles. The number of hydrogen-bond donors (Lipinski definition) is 5. The average Bonchev–Trinajstić information content (AvgIpc) is 2.88. The van der Waals surface area contributed by atoms with Crippen LogP contribution in [0.25, 0.3) is 0 Å². The summed E-state index contributed by atoms with van der Waals surface area (Å²) in [5, 5.41) is 50.0. The summed E-state index contributed by atoms with van der Waals surface area (Å²) >= 11 is 0. The van der Waals surface area contributed by atoms with E-state index in [4.69, 9.17) is 28.4 Å². The normalized spacial score (nSPS) is 27.4. The van der Waals surface area contributed by atoms with Crippen molar-refractivity contribution in [1.82, 2.24) is 0 Å². The minimum absolute atomic E-state index is 0.0793. The molecule has 2 aliphatic heterocycles. The van der Waals surface area contributed by atoms with Crippen molar-refractivity contribution in [2.75, 3.05) is 27.9 Å². The molecule has 0 aromatic heterocycles. The van der Waals surface area contributed by atoms with Crippen molar-refractivity contribution < 1.29 is 58.7 Å². The number of carboxylic acids is 1. The van der Waals surface area contributed by atoms with Crippen LogP contribution >= 0.6 is 0 Å². The molecular formula is C24H28O12. The van der Waals surface area contributed by atoms with E-state index in [1.807, 2.05) is 0 Å². The molecule has 0 bridgehead atoms. The lowest BCUT2D eigenvalue weighted by Gasteiger charge is -2.38. The van der Waals surface area contributed by atoms with Crippen molar-refractivity contribution in [3.63, 3.8) is 0 Å². The fourth-order valence-corrected chi connectivity index (χ4v) is 4.38. The molecule has 1 fully saturated rings. The van der Waals surface area contributed by atoms with E-state index in [2.05, 4.69) is 0 Å². The summed E-state index contributed by atoms with van der Waals surface area (Å²) in [5.41, 5.74) is 1.36. The lowest BCUT2D eigenvalue weighted by molar-refractivity contribution is -0.271. The molecule has 6 atom stereocenters. The fraction of sp³-hybridized carbons (Fsp3) is 0.458. The number of phenolic OH excluding ortho intramolecular Hbond substituents is 1. The average molecular weight is 508 g/mol. The van der Waals surface area contributed by atoms with Gasteiger partial charge >= 0.3 is 5.97 Å². The van der Waals surface area contributed by atoms with Gasteiger partial charge in [-0.25, -0.2) is 4.79 Å². The van der Waals surface area contributed by atoms with Crippen LogP contribution in [0, 0.1) is 0 Å². The first-order valence-corrected chi connectivity index (χ1v) is 11.1. The highest BCUT2D eigenvalue weighted by atomic mass is 16.7. The number of aliphatic hydroxyl groups excluding tert-OH is 3.